The number of benzene rings is 2. The van der Waals surface area contributed by atoms with Crippen LogP contribution in [-0.2, 0) is 14.8 Å². The predicted molar refractivity (Wildman–Crippen MR) is 107 cm³/mol. The molecule has 0 aliphatic carbocycles. The highest BCUT2D eigenvalue weighted by Crippen LogP contribution is 2.31. The Kier molecular flexibility index (Phi) is 6.73. The Morgan fingerprint density at radius 1 is 1.19 bits per heavy atom. The molecule has 0 heterocycles. The van der Waals surface area contributed by atoms with Crippen molar-refractivity contribution in [1.82, 2.24) is 5.32 Å². The van der Waals surface area contributed by atoms with Crippen molar-refractivity contribution >= 4 is 33.2 Å². The zero-order valence-electron chi connectivity index (χ0n) is 15.7. The second-order valence-electron chi connectivity index (χ2n) is 6.36. The molecule has 8 heteroatoms. The van der Waals surface area contributed by atoms with Crippen LogP contribution in [0.1, 0.15) is 19.4 Å². The molecule has 0 fully saturated rings. The molecule has 0 radical (unpaired) electrons. The third-order valence-corrected chi connectivity index (χ3v) is 5.79. The number of carbonyl (C=O) groups excluding carboxylic acids is 1. The van der Waals surface area contributed by atoms with E-state index >= 15 is 0 Å². The highest BCUT2D eigenvalue weighted by atomic mass is 35.5. The number of hydrogen-bond acceptors (Lipinski definition) is 4. The summed E-state index contributed by atoms with van der Waals surface area (Å²) < 4.78 is 33.1. The van der Waals surface area contributed by atoms with Gasteiger partial charge < -0.3 is 10.1 Å². The molecule has 1 amide bonds. The van der Waals surface area contributed by atoms with Crippen LogP contribution in [0.25, 0.3) is 0 Å². The molecule has 2 rings (SSSR count). The van der Waals surface area contributed by atoms with Gasteiger partial charge in [-0.1, -0.05) is 17.7 Å². The summed E-state index contributed by atoms with van der Waals surface area (Å²) in [5, 5.41) is 3.18. The number of ether oxygens (including phenoxy) is 1. The summed E-state index contributed by atoms with van der Waals surface area (Å²) in [7, 11) is -2.65. The van der Waals surface area contributed by atoms with Crippen LogP contribution >= 0.6 is 11.6 Å². The van der Waals surface area contributed by atoms with Crippen molar-refractivity contribution in [2.45, 2.75) is 31.7 Å². The Balaban J connectivity index is 2.56. The van der Waals surface area contributed by atoms with Crippen LogP contribution in [0.5, 0.6) is 5.75 Å². The summed E-state index contributed by atoms with van der Waals surface area (Å²) in [6.07, 6.45) is 0. The number of aryl methyl sites for hydroxylation is 1. The van der Waals surface area contributed by atoms with E-state index < -0.39 is 15.9 Å². The quantitative estimate of drug-likeness (QED) is 0.759. The molecule has 146 valence electrons. The van der Waals surface area contributed by atoms with Crippen LogP contribution in [-0.4, -0.2) is 34.0 Å². The van der Waals surface area contributed by atoms with Crippen molar-refractivity contribution in [3.8, 4) is 5.75 Å². The van der Waals surface area contributed by atoms with Gasteiger partial charge in [0.2, 0.25) is 5.91 Å². The number of sulfonamides is 1. The number of nitrogens with one attached hydrogen (secondary N) is 1. The molecule has 0 aliphatic heterocycles. The van der Waals surface area contributed by atoms with Crippen molar-refractivity contribution in [2.75, 3.05) is 18.0 Å². The molecule has 0 unspecified atom stereocenters. The van der Waals surface area contributed by atoms with Gasteiger partial charge in [-0.25, -0.2) is 8.42 Å². The number of rotatable bonds is 7. The molecule has 0 bridgehead atoms. The van der Waals surface area contributed by atoms with Gasteiger partial charge in [-0.15, -0.1) is 0 Å². The van der Waals surface area contributed by atoms with Crippen LogP contribution in [0.3, 0.4) is 0 Å². The summed E-state index contributed by atoms with van der Waals surface area (Å²) in [4.78, 5) is 12.3. The first kappa shape index (κ1) is 21.1. The summed E-state index contributed by atoms with van der Waals surface area (Å²) in [6.45, 7) is 5.04. The Morgan fingerprint density at radius 3 is 2.37 bits per heavy atom. The Labute approximate surface area is 165 Å². The van der Waals surface area contributed by atoms with Crippen molar-refractivity contribution < 1.29 is 17.9 Å². The van der Waals surface area contributed by atoms with Crippen molar-refractivity contribution in [3.63, 3.8) is 0 Å². The van der Waals surface area contributed by atoms with Gasteiger partial charge in [-0.05, 0) is 62.7 Å². The zero-order chi connectivity index (χ0) is 20.2. The first-order valence-electron chi connectivity index (χ1n) is 8.37. The smallest absolute Gasteiger partial charge is 0.268 e. The lowest BCUT2D eigenvalue weighted by molar-refractivity contribution is -0.120. The second kappa shape index (κ2) is 8.63. The lowest BCUT2D eigenvalue weighted by Gasteiger charge is -2.25. The van der Waals surface area contributed by atoms with Crippen LogP contribution in [0, 0.1) is 6.92 Å². The third-order valence-electron chi connectivity index (χ3n) is 3.74. The SMILES string of the molecule is COc1ccc(C)cc1S(=O)(=O)N(CC(=O)NC(C)C)c1ccc(Cl)cc1. The third kappa shape index (κ3) is 5.14. The fourth-order valence-electron chi connectivity index (χ4n) is 2.52. The molecule has 0 saturated heterocycles. The average Bonchev–Trinajstić information content (AvgIpc) is 2.60. The first-order valence-corrected chi connectivity index (χ1v) is 10.2. The van der Waals surface area contributed by atoms with Gasteiger partial charge in [0.1, 0.15) is 17.2 Å². The van der Waals surface area contributed by atoms with E-state index in [9.17, 15) is 13.2 Å². The van der Waals surface area contributed by atoms with Crippen LogP contribution in [0.4, 0.5) is 5.69 Å². The molecule has 0 atom stereocenters. The molecule has 0 aliphatic rings. The van der Waals surface area contributed by atoms with E-state index in [0.29, 0.717) is 10.7 Å². The van der Waals surface area contributed by atoms with Gasteiger partial charge in [0.25, 0.3) is 10.0 Å². The van der Waals surface area contributed by atoms with Crippen LogP contribution < -0.4 is 14.4 Å². The molecule has 2 aromatic carbocycles. The summed E-state index contributed by atoms with van der Waals surface area (Å²) in [5.74, 6) is -0.195. The maximum Gasteiger partial charge on any atom is 0.268 e. The maximum atomic E-state index is 13.4. The number of anilines is 1. The standard InChI is InChI=1S/C19H23ClN2O4S/c1-13(2)21-19(23)12-22(16-8-6-15(20)7-9-16)27(24,25)18-11-14(3)5-10-17(18)26-4/h5-11,13H,12H2,1-4H3,(H,21,23). The number of amides is 1. The highest BCUT2D eigenvalue weighted by Gasteiger charge is 2.30. The fraction of sp³-hybridized carbons (Fsp3) is 0.316. The number of methoxy groups -OCH3 is 1. The number of nitrogens with zero attached hydrogens (tertiary/aromatic N) is 1. The molecule has 2 aromatic rings. The summed E-state index contributed by atoms with van der Waals surface area (Å²) >= 11 is 5.92. The average molecular weight is 411 g/mol. The largest absolute Gasteiger partial charge is 0.495 e. The molecule has 0 spiro atoms. The van der Waals surface area contributed by atoms with Crippen LogP contribution in [0.15, 0.2) is 47.4 Å². The topological polar surface area (TPSA) is 75.7 Å². The van der Waals surface area contributed by atoms with E-state index in [1.54, 1.807) is 43.3 Å². The van der Waals surface area contributed by atoms with Gasteiger partial charge in [0.05, 0.1) is 12.8 Å². The van der Waals surface area contributed by atoms with E-state index in [4.69, 9.17) is 16.3 Å². The molecular formula is C19H23ClN2O4S. The minimum Gasteiger partial charge on any atom is -0.495 e. The highest BCUT2D eigenvalue weighted by molar-refractivity contribution is 7.93. The second-order valence-corrected chi connectivity index (χ2v) is 8.63. The normalized spacial score (nSPS) is 11.3. The molecule has 0 saturated carbocycles. The van der Waals surface area contributed by atoms with E-state index in [2.05, 4.69) is 5.32 Å². The maximum absolute atomic E-state index is 13.4. The Bertz CT molecular complexity index is 912. The van der Waals surface area contributed by atoms with E-state index in [1.165, 1.54) is 13.2 Å². The minimum atomic E-state index is -4.06. The predicted octanol–water partition coefficient (Wildman–Crippen LogP) is 3.38. The number of halogens is 1. The van der Waals surface area contributed by atoms with Gasteiger partial charge in [-0.3, -0.25) is 9.10 Å². The van der Waals surface area contributed by atoms with Crippen LogP contribution in [0.2, 0.25) is 5.02 Å². The summed E-state index contributed by atoms with van der Waals surface area (Å²) in [6, 6.07) is 11.0. The monoisotopic (exact) mass is 410 g/mol. The zero-order valence-corrected chi connectivity index (χ0v) is 17.3. The van der Waals surface area contributed by atoms with Gasteiger partial charge in [0, 0.05) is 11.1 Å². The van der Waals surface area contributed by atoms with Crippen molar-refractivity contribution in [1.29, 1.82) is 0 Å². The molecular weight excluding hydrogens is 388 g/mol. The first-order chi connectivity index (χ1) is 12.6. The van der Waals surface area contributed by atoms with E-state index in [-0.39, 0.29) is 23.2 Å². The van der Waals surface area contributed by atoms with Gasteiger partial charge >= 0.3 is 0 Å². The van der Waals surface area contributed by atoms with Crippen molar-refractivity contribution in [2.24, 2.45) is 0 Å². The lowest BCUT2D eigenvalue weighted by Crippen LogP contribution is -2.43. The van der Waals surface area contributed by atoms with Crippen molar-refractivity contribution in [3.05, 3.63) is 53.1 Å². The molecule has 1 N–H and O–H groups in total. The summed E-state index contributed by atoms with van der Waals surface area (Å²) in [5.41, 5.74) is 1.10. The molecule has 27 heavy (non-hydrogen) atoms. The van der Waals surface area contributed by atoms with E-state index in [0.717, 1.165) is 9.87 Å². The number of hydrogen-bond donors (Lipinski definition) is 1. The minimum absolute atomic E-state index is 0.00250. The van der Waals surface area contributed by atoms with E-state index in [1.807, 2.05) is 13.8 Å². The Morgan fingerprint density at radius 2 is 1.81 bits per heavy atom. The molecule has 6 nitrogen and oxygen atoms in total. The van der Waals surface area contributed by atoms with Gasteiger partial charge in [0.15, 0.2) is 0 Å². The lowest BCUT2D eigenvalue weighted by atomic mass is 10.2. The number of carbonyl (C=O) groups is 1. The Hall–Kier alpha value is -2.25. The van der Waals surface area contributed by atoms with Gasteiger partial charge in [-0.2, -0.15) is 0 Å². The molecule has 0 aromatic heterocycles. The fourth-order valence-corrected chi connectivity index (χ4v) is 4.31.